The Hall–Kier alpha value is -3.34. The van der Waals surface area contributed by atoms with Crippen molar-refractivity contribution in [3.63, 3.8) is 0 Å². The summed E-state index contributed by atoms with van der Waals surface area (Å²) in [6.07, 6.45) is 1.74. The average molecular weight is 391 g/mol. The fourth-order valence-corrected chi connectivity index (χ4v) is 3.28. The minimum Gasteiger partial charge on any atom is -0.494 e. The van der Waals surface area contributed by atoms with E-state index in [1.54, 1.807) is 24.8 Å². The number of benzene rings is 2. The summed E-state index contributed by atoms with van der Waals surface area (Å²) in [5.41, 5.74) is 3.83. The van der Waals surface area contributed by atoms with E-state index < -0.39 is 5.97 Å². The van der Waals surface area contributed by atoms with Crippen LogP contribution in [0.25, 0.3) is 6.08 Å². The van der Waals surface area contributed by atoms with Gasteiger partial charge in [0.05, 0.1) is 24.4 Å². The molecule has 0 aliphatic carbocycles. The Labute approximate surface area is 171 Å². The van der Waals surface area contributed by atoms with Crippen LogP contribution in [0, 0.1) is 6.92 Å². The lowest BCUT2D eigenvalue weighted by Gasteiger charge is -2.18. The first kappa shape index (κ1) is 20.4. The minimum atomic E-state index is -0.495. The number of carbonyl (C=O) groups is 2. The zero-order chi connectivity index (χ0) is 21.0. The van der Waals surface area contributed by atoms with Crippen molar-refractivity contribution in [3.05, 3.63) is 76.5 Å². The molecule has 1 heterocycles. The number of nitrogens with zero attached hydrogens (tertiary/aromatic N) is 1. The smallest absolute Gasteiger partial charge is 0.340 e. The molecule has 1 amide bonds. The molecular formula is C24H25NO4. The number of hydrogen-bond donors (Lipinski definition) is 0. The van der Waals surface area contributed by atoms with Crippen LogP contribution in [0.3, 0.4) is 0 Å². The zero-order valence-electron chi connectivity index (χ0n) is 17.2. The van der Waals surface area contributed by atoms with Gasteiger partial charge in [-0.3, -0.25) is 9.69 Å². The molecule has 1 aliphatic heterocycles. The van der Waals surface area contributed by atoms with Gasteiger partial charge in [-0.15, -0.1) is 0 Å². The molecule has 1 aliphatic rings. The third kappa shape index (κ3) is 4.24. The first-order valence-corrected chi connectivity index (χ1v) is 9.70. The molecule has 2 aromatic rings. The number of hydrogen-bond acceptors (Lipinski definition) is 4. The number of allylic oxidation sites excluding steroid dienone is 1. The molecule has 0 saturated heterocycles. The van der Waals surface area contributed by atoms with Gasteiger partial charge in [-0.2, -0.15) is 0 Å². The maximum Gasteiger partial charge on any atom is 0.340 e. The lowest BCUT2D eigenvalue weighted by molar-refractivity contribution is -0.138. The molecule has 0 radical (unpaired) electrons. The molecule has 0 fully saturated rings. The Bertz CT molecular complexity index is 969. The predicted molar refractivity (Wildman–Crippen MR) is 114 cm³/mol. The molecule has 0 atom stereocenters. The van der Waals surface area contributed by atoms with Crippen LogP contribution in [0.15, 0.2) is 65.4 Å². The largest absolute Gasteiger partial charge is 0.494 e. The van der Waals surface area contributed by atoms with Crippen LogP contribution >= 0.6 is 0 Å². The predicted octanol–water partition coefficient (Wildman–Crippen LogP) is 4.66. The Kier molecular flexibility index (Phi) is 6.17. The highest BCUT2D eigenvalue weighted by atomic mass is 16.5. The number of aryl methyl sites for hydroxylation is 1. The van der Waals surface area contributed by atoms with E-state index in [1.807, 2.05) is 62.4 Å². The highest BCUT2D eigenvalue weighted by Gasteiger charge is 2.38. The lowest BCUT2D eigenvalue weighted by atomic mass is 10.0. The first-order valence-electron chi connectivity index (χ1n) is 9.70. The number of anilines is 1. The van der Waals surface area contributed by atoms with Crippen LogP contribution in [0.5, 0.6) is 5.75 Å². The van der Waals surface area contributed by atoms with Gasteiger partial charge in [0.25, 0.3) is 5.91 Å². The van der Waals surface area contributed by atoms with Gasteiger partial charge in [0.1, 0.15) is 5.75 Å². The number of carbonyl (C=O) groups excluding carboxylic acids is 2. The molecule has 0 aromatic heterocycles. The summed E-state index contributed by atoms with van der Waals surface area (Å²) < 4.78 is 10.7. The van der Waals surface area contributed by atoms with Crippen molar-refractivity contribution in [3.8, 4) is 5.75 Å². The van der Waals surface area contributed by atoms with Crippen LogP contribution in [-0.4, -0.2) is 25.1 Å². The summed E-state index contributed by atoms with van der Waals surface area (Å²) in [4.78, 5) is 27.5. The Balaban J connectivity index is 2.05. The summed E-state index contributed by atoms with van der Waals surface area (Å²) in [5.74, 6) is -0.0222. The standard InChI is InChI=1S/C24H25NO4/c1-5-28-20-13-11-19(12-14-20)25-17(4)22(24(27)29-6-2)21(23(25)26)15-18-9-7-16(3)8-10-18/h7-15H,5-6H2,1-4H3. The monoisotopic (exact) mass is 391 g/mol. The van der Waals surface area contributed by atoms with Gasteiger partial charge in [-0.1, -0.05) is 29.8 Å². The van der Waals surface area contributed by atoms with E-state index in [4.69, 9.17) is 9.47 Å². The summed E-state index contributed by atoms with van der Waals surface area (Å²) in [7, 11) is 0. The van der Waals surface area contributed by atoms with Crippen molar-refractivity contribution >= 4 is 23.6 Å². The summed E-state index contributed by atoms with van der Waals surface area (Å²) in [6, 6.07) is 15.0. The Morgan fingerprint density at radius 2 is 1.62 bits per heavy atom. The van der Waals surface area contributed by atoms with E-state index in [1.165, 1.54) is 0 Å². The van der Waals surface area contributed by atoms with E-state index in [0.717, 1.165) is 16.9 Å². The van der Waals surface area contributed by atoms with Gasteiger partial charge in [0.2, 0.25) is 0 Å². The fraction of sp³-hybridized carbons (Fsp3) is 0.250. The van der Waals surface area contributed by atoms with E-state index >= 15 is 0 Å². The van der Waals surface area contributed by atoms with Crippen molar-refractivity contribution in [2.24, 2.45) is 0 Å². The molecule has 150 valence electrons. The van der Waals surface area contributed by atoms with E-state index in [9.17, 15) is 9.59 Å². The maximum absolute atomic E-state index is 13.3. The highest BCUT2D eigenvalue weighted by molar-refractivity contribution is 6.23. The SMILES string of the molecule is CCOC(=O)C1=C(C)N(c2ccc(OCC)cc2)C(=O)C1=Cc1ccc(C)cc1. The van der Waals surface area contributed by atoms with E-state index in [2.05, 4.69) is 0 Å². The van der Waals surface area contributed by atoms with Gasteiger partial charge in [-0.05, 0) is 63.6 Å². The van der Waals surface area contributed by atoms with Crippen molar-refractivity contribution in [2.75, 3.05) is 18.1 Å². The molecule has 0 saturated carbocycles. The van der Waals surface area contributed by atoms with Crippen LogP contribution in [0.1, 0.15) is 31.9 Å². The molecule has 0 spiro atoms. The number of amides is 1. The molecule has 0 N–H and O–H groups in total. The topological polar surface area (TPSA) is 55.8 Å². The summed E-state index contributed by atoms with van der Waals surface area (Å²) in [5, 5.41) is 0. The summed E-state index contributed by atoms with van der Waals surface area (Å²) in [6.45, 7) is 8.23. The summed E-state index contributed by atoms with van der Waals surface area (Å²) >= 11 is 0. The van der Waals surface area contributed by atoms with Crippen LogP contribution in [0.2, 0.25) is 0 Å². The average Bonchev–Trinajstić information content (AvgIpc) is 2.95. The van der Waals surface area contributed by atoms with Gasteiger partial charge >= 0.3 is 5.97 Å². The van der Waals surface area contributed by atoms with Crippen molar-refractivity contribution < 1.29 is 19.1 Å². The van der Waals surface area contributed by atoms with Crippen molar-refractivity contribution in [1.29, 1.82) is 0 Å². The first-order chi connectivity index (χ1) is 14.0. The molecule has 5 nitrogen and oxygen atoms in total. The van der Waals surface area contributed by atoms with Crippen LogP contribution < -0.4 is 9.64 Å². The second-order valence-corrected chi connectivity index (χ2v) is 6.72. The Morgan fingerprint density at radius 1 is 0.966 bits per heavy atom. The molecule has 0 unspecified atom stereocenters. The lowest BCUT2D eigenvalue weighted by Crippen LogP contribution is -2.24. The van der Waals surface area contributed by atoms with Crippen molar-refractivity contribution in [1.82, 2.24) is 0 Å². The van der Waals surface area contributed by atoms with Gasteiger partial charge < -0.3 is 9.47 Å². The van der Waals surface area contributed by atoms with E-state index in [-0.39, 0.29) is 12.5 Å². The molecule has 5 heteroatoms. The van der Waals surface area contributed by atoms with Gasteiger partial charge in [-0.25, -0.2) is 4.79 Å². The molecular weight excluding hydrogens is 366 g/mol. The fourth-order valence-electron chi connectivity index (χ4n) is 3.28. The van der Waals surface area contributed by atoms with Gasteiger partial charge in [0.15, 0.2) is 0 Å². The maximum atomic E-state index is 13.3. The number of rotatable bonds is 6. The second-order valence-electron chi connectivity index (χ2n) is 6.72. The molecule has 3 rings (SSSR count). The second kappa shape index (κ2) is 8.78. The molecule has 29 heavy (non-hydrogen) atoms. The highest BCUT2D eigenvalue weighted by Crippen LogP contribution is 2.36. The van der Waals surface area contributed by atoms with Gasteiger partial charge in [0, 0.05) is 11.4 Å². The normalized spacial score (nSPS) is 15.2. The molecule has 2 aromatic carbocycles. The third-order valence-corrected chi connectivity index (χ3v) is 4.67. The Morgan fingerprint density at radius 3 is 2.21 bits per heavy atom. The van der Waals surface area contributed by atoms with Crippen LogP contribution in [-0.2, 0) is 14.3 Å². The van der Waals surface area contributed by atoms with Crippen LogP contribution in [0.4, 0.5) is 5.69 Å². The van der Waals surface area contributed by atoms with E-state index in [0.29, 0.717) is 29.1 Å². The van der Waals surface area contributed by atoms with Crippen molar-refractivity contribution in [2.45, 2.75) is 27.7 Å². The minimum absolute atomic E-state index is 0.241. The molecule has 0 bridgehead atoms. The third-order valence-electron chi connectivity index (χ3n) is 4.67. The quantitative estimate of drug-likeness (QED) is 0.531. The number of ether oxygens (including phenoxy) is 2. The zero-order valence-corrected chi connectivity index (χ0v) is 17.2. The number of esters is 1.